The fourth-order valence-electron chi connectivity index (χ4n) is 3.07. The highest BCUT2D eigenvalue weighted by Gasteiger charge is 2.33. The van der Waals surface area contributed by atoms with Crippen molar-refractivity contribution in [3.8, 4) is 0 Å². The maximum absolute atomic E-state index is 12.0. The molecular weight excluding hydrogens is 274 g/mol. The summed E-state index contributed by atoms with van der Waals surface area (Å²) in [7, 11) is 1.72. The van der Waals surface area contributed by atoms with E-state index >= 15 is 0 Å². The second-order valence-corrected chi connectivity index (χ2v) is 5.74. The van der Waals surface area contributed by atoms with Gasteiger partial charge in [0.05, 0.1) is 12.5 Å². The smallest absolute Gasteiger partial charge is 0.309 e. The van der Waals surface area contributed by atoms with Crippen LogP contribution in [0.5, 0.6) is 0 Å². The van der Waals surface area contributed by atoms with Gasteiger partial charge in [0.2, 0.25) is 5.91 Å². The molecule has 21 heavy (non-hydrogen) atoms. The number of aliphatic carboxylic acids is 1. The van der Waals surface area contributed by atoms with E-state index in [1.54, 1.807) is 11.9 Å². The lowest BCUT2D eigenvalue weighted by Gasteiger charge is -2.34. The molecule has 0 bridgehead atoms. The van der Waals surface area contributed by atoms with Crippen LogP contribution in [0.4, 0.5) is 0 Å². The second-order valence-electron chi connectivity index (χ2n) is 5.74. The summed E-state index contributed by atoms with van der Waals surface area (Å²) in [6, 6.07) is 0.375. The normalized spacial score (nSPS) is 25.6. The maximum Gasteiger partial charge on any atom is 0.309 e. The van der Waals surface area contributed by atoms with Gasteiger partial charge in [-0.25, -0.2) is 0 Å². The second kappa shape index (κ2) is 7.72. The number of likely N-dealkylation sites (N-methyl/N-ethyl adjacent to an activating group) is 1. The summed E-state index contributed by atoms with van der Waals surface area (Å²) in [4.78, 5) is 27.4. The van der Waals surface area contributed by atoms with Crippen molar-refractivity contribution in [3.63, 3.8) is 0 Å². The lowest BCUT2D eigenvalue weighted by molar-refractivity contribution is -0.143. The topological polar surface area (TPSA) is 82.1 Å². The number of carbonyl (C=O) groups excluding carboxylic acids is 1. The van der Waals surface area contributed by atoms with Gasteiger partial charge in [-0.2, -0.15) is 0 Å². The molecule has 2 aliphatic rings. The number of carbonyl (C=O) groups is 2. The predicted octanol–water partition coefficient (Wildman–Crippen LogP) is -0.770. The molecule has 2 rings (SSSR count). The number of carboxylic acid groups (broad SMARTS) is 1. The van der Waals surface area contributed by atoms with Gasteiger partial charge in [0, 0.05) is 45.4 Å². The van der Waals surface area contributed by atoms with Gasteiger partial charge in [0.25, 0.3) is 0 Å². The Morgan fingerprint density at radius 1 is 1.24 bits per heavy atom. The first-order valence-corrected chi connectivity index (χ1v) is 7.58. The van der Waals surface area contributed by atoms with E-state index in [1.807, 2.05) is 0 Å². The van der Waals surface area contributed by atoms with E-state index in [4.69, 9.17) is 4.74 Å². The van der Waals surface area contributed by atoms with Crippen LogP contribution in [-0.4, -0.2) is 85.8 Å². The molecule has 1 unspecified atom stereocenters. The van der Waals surface area contributed by atoms with Gasteiger partial charge in [0.1, 0.15) is 0 Å². The van der Waals surface area contributed by atoms with Crippen LogP contribution in [0.25, 0.3) is 0 Å². The van der Waals surface area contributed by atoms with Crippen molar-refractivity contribution in [2.45, 2.75) is 18.9 Å². The van der Waals surface area contributed by atoms with Crippen LogP contribution in [0.15, 0.2) is 0 Å². The van der Waals surface area contributed by atoms with Gasteiger partial charge in [0.15, 0.2) is 0 Å². The van der Waals surface area contributed by atoms with E-state index in [0.29, 0.717) is 25.7 Å². The van der Waals surface area contributed by atoms with Crippen LogP contribution < -0.4 is 5.32 Å². The first-order chi connectivity index (χ1) is 10.1. The van der Waals surface area contributed by atoms with Crippen LogP contribution in [0.1, 0.15) is 12.8 Å². The average molecular weight is 299 g/mol. The highest BCUT2D eigenvalue weighted by molar-refractivity contribution is 5.79. The van der Waals surface area contributed by atoms with Crippen molar-refractivity contribution >= 4 is 11.9 Å². The van der Waals surface area contributed by atoms with Gasteiger partial charge in [-0.15, -0.1) is 0 Å². The molecule has 120 valence electrons. The minimum absolute atomic E-state index is 0.0300. The van der Waals surface area contributed by atoms with Crippen molar-refractivity contribution in [1.29, 1.82) is 0 Å². The Balaban J connectivity index is 2.03. The fraction of sp³-hybridized carbons (Fsp3) is 0.857. The molecule has 0 radical (unpaired) electrons. The van der Waals surface area contributed by atoms with Crippen molar-refractivity contribution in [3.05, 3.63) is 0 Å². The molecule has 2 aliphatic heterocycles. The molecule has 7 heteroatoms. The molecule has 0 saturated carbocycles. The van der Waals surface area contributed by atoms with Gasteiger partial charge < -0.3 is 20.1 Å². The molecular formula is C14H25N3O4. The van der Waals surface area contributed by atoms with E-state index < -0.39 is 11.9 Å². The molecule has 1 amide bonds. The largest absolute Gasteiger partial charge is 0.481 e. The third kappa shape index (κ3) is 4.39. The standard InChI is InChI=1S/C14H25N3O4/c1-15-8-13(18)17-5-4-16(9-11(10-17)14(19)20)12-2-6-21-7-3-12/h11-12,15H,2-10H2,1H3,(H,19,20). The monoisotopic (exact) mass is 299 g/mol. The summed E-state index contributed by atoms with van der Waals surface area (Å²) in [5.41, 5.74) is 0. The van der Waals surface area contributed by atoms with E-state index in [0.717, 1.165) is 32.6 Å². The van der Waals surface area contributed by atoms with Crippen LogP contribution in [0, 0.1) is 5.92 Å². The number of rotatable bonds is 4. The maximum atomic E-state index is 12.0. The van der Waals surface area contributed by atoms with Crippen LogP contribution in [0.3, 0.4) is 0 Å². The molecule has 0 aromatic rings. The summed E-state index contributed by atoms with van der Waals surface area (Å²) >= 11 is 0. The number of ether oxygens (including phenoxy) is 1. The summed E-state index contributed by atoms with van der Waals surface area (Å²) in [5.74, 6) is -1.37. The molecule has 0 aliphatic carbocycles. The SMILES string of the molecule is CNCC(=O)N1CCN(C2CCOCC2)CC(C(=O)O)C1. The molecule has 1 atom stereocenters. The van der Waals surface area contributed by atoms with E-state index in [2.05, 4.69) is 10.2 Å². The zero-order chi connectivity index (χ0) is 15.2. The van der Waals surface area contributed by atoms with Crippen molar-refractivity contribution in [1.82, 2.24) is 15.1 Å². The summed E-state index contributed by atoms with van der Waals surface area (Å²) in [6.45, 7) is 3.89. The number of amides is 1. The van der Waals surface area contributed by atoms with Crippen LogP contribution >= 0.6 is 0 Å². The Morgan fingerprint density at radius 2 is 1.95 bits per heavy atom. The number of hydrogen-bond donors (Lipinski definition) is 2. The van der Waals surface area contributed by atoms with Gasteiger partial charge in [-0.1, -0.05) is 0 Å². The molecule has 2 N–H and O–H groups in total. The summed E-state index contributed by atoms with van der Waals surface area (Å²) in [6.07, 6.45) is 1.88. The minimum Gasteiger partial charge on any atom is -0.481 e. The Morgan fingerprint density at radius 3 is 2.57 bits per heavy atom. The Bertz CT molecular complexity index is 371. The Kier molecular flexibility index (Phi) is 5.96. The predicted molar refractivity (Wildman–Crippen MR) is 77.0 cm³/mol. The average Bonchev–Trinajstić information content (AvgIpc) is 2.71. The van der Waals surface area contributed by atoms with Gasteiger partial charge in [-0.3, -0.25) is 14.5 Å². The highest BCUT2D eigenvalue weighted by Crippen LogP contribution is 2.19. The number of nitrogens with zero attached hydrogens (tertiary/aromatic N) is 2. The van der Waals surface area contributed by atoms with Gasteiger partial charge in [-0.05, 0) is 19.9 Å². The lowest BCUT2D eigenvalue weighted by Crippen LogP contribution is -2.43. The molecule has 7 nitrogen and oxygen atoms in total. The molecule has 0 aromatic carbocycles. The fourth-order valence-corrected chi connectivity index (χ4v) is 3.07. The van der Waals surface area contributed by atoms with Crippen LogP contribution in [-0.2, 0) is 14.3 Å². The molecule has 2 saturated heterocycles. The zero-order valence-corrected chi connectivity index (χ0v) is 12.6. The first-order valence-electron chi connectivity index (χ1n) is 7.58. The first kappa shape index (κ1) is 16.2. The highest BCUT2D eigenvalue weighted by atomic mass is 16.5. The van der Waals surface area contributed by atoms with Crippen molar-refractivity contribution in [2.24, 2.45) is 5.92 Å². The summed E-state index contributed by atoms with van der Waals surface area (Å²) in [5, 5.41) is 12.2. The Labute approximate surface area is 125 Å². The van der Waals surface area contributed by atoms with E-state index in [1.165, 1.54) is 0 Å². The minimum atomic E-state index is -0.823. The molecule has 2 heterocycles. The summed E-state index contributed by atoms with van der Waals surface area (Å²) < 4.78 is 5.37. The Hall–Kier alpha value is -1.18. The van der Waals surface area contributed by atoms with Crippen LogP contribution in [0.2, 0.25) is 0 Å². The van der Waals surface area contributed by atoms with E-state index in [-0.39, 0.29) is 12.5 Å². The molecule has 0 spiro atoms. The third-order valence-electron chi connectivity index (χ3n) is 4.29. The lowest BCUT2D eigenvalue weighted by atomic mass is 10.0. The van der Waals surface area contributed by atoms with Crippen molar-refractivity contribution < 1.29 is 19.4 Å². The molecule has 2 fully saturated rings. The van der Waals surface area contributed by atoms with Gasteiger partial charge >= 0.3 is 5.97 Å². The molecule has 0 aromatic heterocycles. The van der Waals surface area contributed by atoms with Crippen molar-refractivity contribution in [2.75, 3.05) is 53.0 Å². The number of carboxylic acids is 1. The zero-order valence-electron chi connectivity index (χ0n) is 12.6. The third-order valence-corrected chi connectivity index (χ3v) is 4.29. The van der Waals surface area contributed by atoms with E-state index in [9.17, 15) is 14.7 Å². The number of hydrogen-bond acceptors (Lipinski definition) is 5. The quantitative estimate of drug-likeness (QED) is 0.709. The number of nitrogens with one attached hydrogen (secondary N) is 1.